The van der Waals surface area contributed by atoms with Gasteiger partial charge in [0, 0.05) is 41.7 Å². The standard InChI is InChI=1S/C21H24N4O4/c26-19(7-3-1-2-4-8-20(27)25-29)23-15-9-10-18-16(13-15)17(21(28)24-18)12-14-6-5-11-22-14/h5-6,9-13,22,29H,1-4,7-8H2,(H,23,26)(H,24,28)(H,25,27)/b17-12-. The molecule has 0 saturated carbocycles. The number of aromatic nitrogens is 1. The van der Waals surface area contributed by atoms with Crippen LogP contribution in [0.4, 0.5) is 11.4 Å². The quantitative estimate of drug-likeness (QED) is 0.193. The molecule has 8 nitrogen and oxygen atoms in total. The second-order valence-corrected chi connectivity index (χ2v) is 6.90. The number of H-pyrrole nitrogens is 1. The van der Waals surface area contributed by atoms with E-state index in [9.17, 15) is 14.4 Å². The first-order valence-electron chi connectivity index (χ1n) is 9.60. The SMILES string of the molecule is O=C(CCCCCCC(=O)Nc1ccc2c(c1)/C(=C/c1ccc[nH]1)C(=O)N2)NO. The summed E-state index contributed by atoms with van der Waals surface area (Å²) in [6.45, 7) is 0. The van der Waals surface area contributed by atoms with Gasteiger partial charge in [-0.3, -0.25) is 19.6 Å². The van der Waals surface area contributed by atoms with Crippen LogP contribution in [0.25, 0.3) is 11.6 Å². The monoisotopic (exact) mass is 396 g/mol. The van der Waals surface area contributed by atoms with Gasteiger partial charge in [0.15, 0.2) is 0 Å². The molecule has 1 aromatic heterocycles. The molecule has 2 heterocycles. The number of rotatable bonds is 9. The number of benzene rings is 1. The molecule has 0 bridgehead atoms. The number of hydroxylamine groups is 1. The molecular formula is C21H24N4O4. The highest BCUT2D eigenvalue weighted by Crippen LogP contribution is 2.35. The Kier molecular flexibility index (Phi) is 6.80. The van der Waals surface area contributed by atoms with Crippen molar-refractivity contribution in [2.45, 2.75) is 38.5 Å². The predicted octanol–water partition coefficient (Wildman–Crippen LogP) is 3.29. The highest BCUT2D eigenvalue weighted by Gasteiger charge is 2.24. The number of hydrogen-bond acceptors (Lipinski definition) is 4. The summed E-state index contributed by atoms with van der Waals surface area (Å²) in [6.07, 6.45) is 7.28. The Morgan fingerprint density at radius 3 is 2.48 bits per heavy atom. The summed E-state index contributed by atoms with van der Waals surface area (Å²) in [5.74, 6) is -0.657. The van der Waals surface area contributed by atoms with E-state index < -0.39 is 5.91 Å². The van der Waals surface area contributed by atoms with Gasteiger partial charge in [0.25, 0.3) is 5.91 Å². The molecule has 1 aliphatic rings. The van der Waals surface area contributed by atoms with Crippen LogP contribution in [0, 0.1) is 0 Å². The van der Waals surface area contributed by atoms with Crippen molar-refractivity contribution in [3.63, 3.8) is 0 Å². The highest BCUT2D eigenvalue weighted by molar-refractivity contribution is 6.35. The van der Waals surface area contributed by atoms with Crippen LogP contribution in [-0.4, -0.2) is 27.9 Å². The summed E-state index contributed by atoms with van der Waals surface area (Å²) in [4.78, 5) is 38.4. The molecule has 0 spiro atoms. The first-order valence-corrected chi connectivity index (χ1v) is 9.60. The Morgan fingerprint density at radius 2 is 1.79 bits per heavy atom. The van der Waals surface area contributed by atoms with Gasteiger partial charge in [-0.15, -0.1) is 0 Å². The molecule has 2 aromatic rings. The number of hydrogen-bond donors (Lipinski definition) is 5. The van der Waals surface area contributed by atoms with E-state index in [4.69, 9.17) is 5.21 Å². The number of nitrogens with one attached hydrogen (secondary N) is 4. The molecule has 0 unspecified atom stereocenters. The van der Waals surface area contributed by atoms with E-state index in [2.05, 4.69) is 15.6 Å². The summed E-state index contributed by atoms with van der Waals surface area (Å²) in [5.41, 5.74) is 5.09. The predicted molar refractivity (Wildman–Crippen MR) is 110 cm³/mol. The lowest BCUT2D eigenvalue weighted by Gasteiger charge is -2.07. The minimum atomic E-state index is -0.392. The van der Waals surface area contributed by atoms with Crippen LogP contribution < -0.4 is 16.1 Å². The van der Waals surface area contributed by atoms with Crippen LogP contribution in [0.1, 0.15) is 49.8 Å². The average molecular weight is 396 g/mol. The van der Waals surface area contributed by atoms with Crippen molar-refractivity contribution >= 4 is 40.7 Å². The minimum absolute atomic E-state index is 0.0924. The van der Waals surface area contributed by atoms with Crippen molar-refractivity contribution in [1.29, 1.82) is 0 Å². The number of fused-ring (bicyclic) bond motifs is 1. The largest absolute Gasteiger partial charge is 0.362 e. The average Bonchev–Trinajstić information content (AvgIpc) is 3.33. The van der Waals surface area contributed by atoms with Crippen molar-refractivity contribution in [3.8, 4) is 0 Å². The fourth-order valence-electron chi connectivity index (χ4n) is 3.20. The zero-order chi connectivity index (χ0) is 20.6. The molecule has 0 radical (unpaired) electrons. The maximum atomic E-state index is 12.3. The summed E-state index contributed by atoms with van der Waals surface area (Å²) >= 11 is 0. The fraction of sp³-hybridized carbons (Fsp3) is 0.286. The third kappa shape index (κ3) is 5.55. The maximum Gasteiger partial charge on any atom is 0.256 e. The van der Waals surface area contributed by atoms with Crippen LogP contribution in [0.15, 0.2) is 36.5 Å². The first-order chi connectivity index (χ1) is 14.1. The fourth-order valence-corrected chi connectivity index (χ4v) is 3.20. The van der Waals surface area contributed by atoms with Crippen molar-refractivity contribution in [2.24, 2.45) is 0 Å². The van der Waals surface area contributed by atoms with E-state index in [1.54, 1.807) is 36.0 Å². The second-order valence-electron chi connectivity index (χ2n) is 6.90. The molecule has 1 aliphatic heterocycles. The summed E-state index contributed by atoms with van der Waals surface area (Å²) < 4.78 is 0. The van der Waals surface area contributed by atoms with E-state index in [1.165, 1.54) is 0 Å². The second kappa shape index (κ2) is 9.70. The smallest absolute Gasteiger partial charge is 0.256 e. The molecule has 152 valence electrons. The maximum absolute atomic E-state index is 12.3. The molecule has 8 heteroatoms. The van der Waals surface area contributed by atoms with Gasteiger partial charge in [-0.2, -0.15) is 0 Å². The van der Waals surface area contributed by atoms with E-state index >= 15 is 0 Å². The van der Waals surface area contributed by atoms with Gasteiger partial charge in [-0.1, -0.05) is 12.8 Å². The van der Waals surface area contributed by atoms with E-state index in [1.807, 2.05) is 12.1 Å². The molecular weight excluding hydrogens is 372 g/mol. The van der Waals surface area contributed by atoms with Gasteiger partial charge in [0.2, 0.25) is 11.8 Å². The Balaban J connectivity index is 1.52. The van der Waals surface area contributed by atoms with Crippen LogP contribution in [-0.2, 0) is 14.4 Å². The number of amides is 3. The molecule has 3 rings (SSSR count). The zero-order valence-corrected chi connectivity index (χ0v) is 16.0. The van der Waals surface area contributed by atoms with Gasteiger partial charge in [-0.05, 0) is 49.2 Å². The van der Waals surface area contributed by atoms with Gasteiger partial charge in [-0.25, -0.2) is 5.48 Å². The number of anilines is 2. The third-order valence-corrected chi connectivity index (χ3v) is 4.69. The lowest BCUT2D eigenvalue weighted by atomic mass is 10.0. The van der Waals surface area contributed by atoms with Gasteiger partial charge in [0.05, 0.1) is 5.57 Å². The summed E-state index contributed by atoms with van der Waals surface area (Å²) in [6, 6.07) is 9.08. The number of aromatic amines is 1. The van der Waals surface area contributed by atoms with Crippen molar-refractivity contribution in [3.05, 3.63) is 47.8 Å². The van der Waals surface area contributed by atoms with Crippen molar-refractivity contribution in [1.82, 2.24) is 10.5 Å². The number of unbranched alkanes of at least 4 members (excludes halogenated alkanes) is 3. The lowest BCUT2D eigenvalue weighted by Crippen LogP contribution is -2.17. The molecule has 3 amide bonds. The highest BCUT2D eigenvalue weighted by atomic mass is 16.5. The molecule has 5 N–H and O–H groups in total. The normalized spacial score (nSPS) is 13.8. The Morgan fingerprint density at radius 1 is 1.03 bits per heavy atom. The van der Waals surface area contributed by atoms with Gasteiger partial charge < -0.3 is 15.6 Å². The number of carbonyl (C=O) groups excluding carboxylic acids is 3. The third-order valence-electron chi connectivity index (χ3n) is 4.69. The van der Waals surface area contributed by atoms with E-state index in [0.717, 1.165) is 36.2 Å². The lowest BCUT2D eigenvalue weighted by molar-refractivity contribution is -0.129. The molecule has 0 saturated heterocycles. The molecule has 29 heavy (non-hydrogen) atoms. The van der Waals surface area contributed by atoms with E-state index in [0.29, 0.717) is 24.1 Å². The molecule has 0 atom stereocenters. The van der Waals surface area contributed by atoms with Gasteiger partial charge in [0.1, 0.15) is 0 Å². The summed E-state index contributed by atoms with van der Waals surface area (Å²) in [5, 5.41) is 14.1. The molecule has 0 fully saturated rings. The molecule has 0 aliphatic carbocycles. The Hall–Kier alpha value is -3.39. The topological polar surface area (TPSA) is 123 Å². The van der Waals surface area contributed by atoms with Crippen LogP contribution >= 0.6 is 0 Å². The van der Waals surface area contributed by atoms with Crippen LogP contribution in [0.3, 0.4) is 0 Å². The Bertz CT molecular complexity index is 919. The zero-order valence-electron chi connectivity index (χ0n) is 16.0. The summed E-state index contributed by atoms with van der Waals surface area (Å²) in [7, 11) is 0. The Labute approximate surface area is 168 Å². The molecule has 1 aromatic carbocycles. The first kappa shape index (κ1) is 20.3. The van der Waals surface area contributed by atoms with Crippen LogP contribution in [0.2, 0.25) is 0 Å². The van der Waals surface area contributed by atoms with Crippen LogP contribution in [0.5, 0.6) is 0 Å². The van der Waals surface area contributed by atoms with E-state index in [-0.39, 0.29) is 18.2 Å². The van der Waals surface area contributed by atoms with Crippen molar-refractivity contribution < 1.29 is 19.6 Å². The number of carbonyl (C=O) groups is 3. The van der Waals surface area contributed by atoms with Gasteiger partial charge >= 0.3 is 0 Å². The van der Waals surface area contributed by atoms with Crippen molar-refractivity contribution in [2.75, 3.05) is 10.6 Å². The minimum Gasteiger partial charge on any atom is -0.362 e.